The number of nitrogens with zero attached hydrogens (tertiary/aromatic N) is 2. The molecule has 0 bridgehead atoms. The number of rotatable bonds is 7. The van der Waals surface area contributed by atoms with Crippen LogP contribution in [-0.2, 0) is 4.74 Å². The Morgan fingerprint density at radius 2 is 2.18 bits per heavy atom. The Bertz CT molecular complexity index is 349. The Balaban J connectivity index is 2.74. The lowest BCUT2D eigenvalue weighted by atomic mass is 10.2. The van der Waals surface area contributed by atoms with Crippen LogP contribution >= 0.6 is 0 Å². The number of methoxy groups -OCH3 is 1. The number of hydrogen-bond donors (Lipinski definition) is 0. The Labute approximate surface area is 103 Å². The average Bonchev–Trinajstić information content (AvgIpc) is 2.39. The summed E-state index contributed by atoms with van der Waals surface area (Å²) in [5, 5.41) is 0. The summed E-state index contributed by atoms with van der Waals surface area (Å²) in [6.07, 6.45) is 2.25. The van der Waals surface area contributed by atoms with Gasteiger partial charge in [-0.2, -0.15) is 0 Å². The Morgan fingerprint density at radius 3 is 2.65 bits per heavy atom. The second-order valence-electron chi connectivity index (χ2n) is 3.75. The first kappa shape index (κ1) is 13.6. The SMILES string of the molecule is CCC(=O)c1ccc(N(CC)CCOC)cn1. The number of hydrogen-bond acceptors (Lipinski definition) is 4. The molecule has 1 heterocycles. The van der Waals surface area contributed by atoms with Crippen LogP contribution in [-0.4, -0.2) is 37.6 Å². The van der Waals surface area contributed by atoms with Crippen LogP contribution in [0.2, 0.25) is 0 Å². The van der Waals surface area contributed by atoms with Gasteiger partial charge in [-0.1, -0.05) is 6.92 Å². The number of carbonyl (C=O) groups is 1. The highest BCUT2D eigenvalue weighted by Gasteiger charge is 2.07. The molecule has 0 atom stereocenters. The van der Waals surface area contributed by atoms with E-state index in [9.17, 15) is 4.79 Å². The number of pyridine rings is 1. The number of aromatic nitrogens is 1. The van der Waals surface area contributed by atoms with Crippen molar-refractivity contribution in [3.8, 4) is 0 Å². The predicted molar refractivity (Wildman–Crippen MR) is 68.6 cm³/mol. The number of ketones is 1. The molecule has 0 amide bonds. The van der Waals surface area contributed by atoms with Gasteiger partial charge >= 0.3 is 0 Å². The first-order valence-electron chi connectivity index (χ1n) is 5.96. The molecule has 0 unspecified atom stereocenters. The second kappa shape index (κ2) is 7.01. The van der Waals surface area contributed by atoms with E-state index in [0.717, 1.165) is 18.8 Å². The molecule has 0 aliphatic heterocycles. The van der Waals surface area contributed by atoms with Crippen LogP contribution in [0.25, 0.3) is 0 Å². The van der Waals surface area contributed by atoms with E-state index in [0.29, 0.717) is 18.7 Å². The summed E-state index contributed by atoms with van der Waals surface area (Å²) in [7, 11) is 1.69. The zero-order chi connectivity index (χ0) is 12.7. The van der Waals surface area contributed by atoms with E-state index in [1.807, 2.05) is 13.0 Å². The van der Waals surface area contributed by atoms with Crippen molar-refractivity contribution in [1.82, 2.24) is 4.98 Å². The van der Waals surface area contributed by atoms with Gasteiger partial charge in [-0.25, -0.2) is 0 Å². The smallest absolute Gasteiger partial charge is 0.180 e. The largest absolute Gasteiger partial charge is 0.383 e. The van der Waals surface area contributed by atoms with Gasteiger partial charge in [-0.05, 0) is 19.1 Å². The molecule has 4 nitrogen and oxygen atoms in total. The molecule has 0 aliphatic rings. The molecular weight excluding hydrogens is 216 g/mol. The molecule has 1 rings (SSSR count). The van der Waals surface area contributed by atoms with E-state index in [2.05, 4.69) is 16.8 Å². The zero-order valence-electron chi connectivity index (χ0n) is 10.8. The fourth-order valence-corrected chi connectivity index (χ4v) is 1.59. The predicted octanol–water partition coefficient (Wildman–Crippen LogP) is 2.15. The van der Waals surface area contributed by atoms with E-state index in [4.69, 9.17) is 4.74 Å². The van der Waals surface area contributed by atoms with Gasteiger partial charge in [0.05, 0.1) is 18.5 Å². The summed E-state index contributed by atoms with van der Waals surface area (Å²) >= 11 is 0. The van der Waals surface area contributed by atoms with E-state index < -0.39 is 0 Å². The van der Waals surface area contributed by atoms with Crippen molar-refractivity contribution in [2.75, 3.05) is 31.7 Å². The maximum Gasteiger partial charge on any atom is 0.180 e. The highest BCUT2D eigenvalue weighted by molar-refractivity contribution is 5.94. The topological polar surface area (TPSA) is 42.4 Å². The molecule has 0 saturated heterocycles. The summed E-state index contributed by atoms with van der Waals surface area (Å²) in [4.78, 5) is 17.8. The molecule has 1 aromatic rings. The quantitative estimate of drug-likeness (QED) is 0.680. The van der Waals surface area contributed by atoms with E-state index in [1.165, 1.54) is 0 Å². The summed E-state index contributed by atoms with van der Waals surface area (Å²) in [5.41, 5.74) is 1.57. The molecule has 0 aliphatic carbocycles. The molecule has 0 saturated carbocycles. The monoisotopic (exact) mass is 236 g/mol. The third-order valence-corrected chi connectivity index (χ3v) is 2.67. The van der Waals surface area contributed by atoms with E-state index in [1.54, 1.807) is 19.4 Å². The van der Waals surface area contributed by atoms with Gasteiger partial charge in [0.1, 0.15) is 5.69 Å². The maximum absolute atomic E-state index is 11.4. The highest BCUT2D eigenvalue weighted by Crippen LogP contribution is 2.13. The van der Waals surface area contributed by atoms with Crippen molar-refractivity contribution in [2.24, 2.45) is 0 Å². The van der Waals surface area contributed by atoms with Crippen LogP contribution in [0.5, 0.6) is 0 Å². The summed E-state index contributed by atoms with van der Waals surface area (Å²) in [6.45, 7) is 6.33. The van der Waals surface area contributed by atoms with Crippen molar-refractivity contribution in [2.45, 2.75) is 20.3 Å². The molecule has 17 heavy (non-hydrogen) atoms. The summed E-state index contributed by atoms with van der Waals surface area (Å²) in [5.74, 6) is 0.0801. The first-order valence-corrected chi connectivity index (χ1v) is 5.96. The van der Waals surface area contributed by atoms with Gasteiger partial charge in [-0.3, -0.25) is 9.78 Å². The van der Waals surface area contributed by atoms with Crippen molar-refractivity contribution < 1.29 is 9.53 Å². The maximum atomic E-state index is 11.4. The van der Waals surface area contributed by atoms with Crippen LogP contribution in [0.1, 0.15) is 30.8 Å². The fraction of sp³-hybridized carbons (Fsp3) is 0.538. The van der Waals surface area contributed by atoms with Crippen LogP contribution < -0.4 is 4.90 Å². The minimum Gasteiger partial charge on any atom is -0.383 e. The van der Waals surface area contributed by atoms with Crippen molar-refractivity contribution in [3.05, 3.63) is 24.0 Å². The Morgan fingerprint density at radius 1 is 1.41 bits per heavy atom. The molecule has 0 aromatic carbocycles. The number of anilines is 1. The molecule has 0 fully saturated rings. The van der Waals surface area contributed by atoms with Gasteiger partial charge in [-0.15, -0.1) is 0 Å². The Kier molecular flexibility index (Phi) is 5.63. The fourth-order valence-electron chi connectivity index (χ4n) is 1.59. The van der Waals surface area contributed by atoms with Crippen LogP contribution in [0.15, 0.2) is 18.3 Å². The normalized spacial score (nSPS) is 10.3. The molecule has 0 spiro atoms. The van der Waals surface area contributed by atoms with Crippen molar-refractivity contribution in [3.63, 3.8) is 0 Å². The third kappa shape index (κ3) is 3.82. The summed E-state index contributed by atoms with van der Waals surface area (Å²) < 4.78 is 5.06. The number of Topliss-reactive ketones (excluding diaryl/α,β-unsaturated/α-hetero) is 1. The number of likely N-dealkylation sites (N-methyl/N-ethyl adjacent to an activating group) is 1. The van der Waals surface area contributed by atoms with Crippen molar-refractivity contribution >= 4 is 11.5 Å². The van der Waals surface area contributed by atoms with E-state index in [-0.39, 0.29) is 5.78 Å². The lowest BCUT2D eigenvalue weighted by molar-refractivity contribution is 0.0983. The average molecular weight is 236 g/mol. The lowest BCUT2D eigenvalue weighted by Gasteiger charge is -2.22. The zero-order valence-corrected chi connectivity index (χ0v) is 10.8. The second-order valence-corrected chi connectivity index (χ2v) is 3.75. The van der Waals surface area contributed by atoms with E-state index >= 15 is 0 Å². The summed E-state index contributed by atoms with van der Waals surface area (Å²) in [6, 6.07) is 3.73. The van der Waals surface area contributed by atoms with Gasteiger partial charge in [0.15, 0.2) is 5.78 Å². The lowest BCUT2D eigenvalue weighted by Crippen LogP contribution is -2.26. The van der Waals surface area contributed by atoms with Crippen molar-refractivity contribution in [1.29, 1.82) is 0 Å². The van der Waals surface area contributed by atoms with Crippen LogP contribution in [0.3, 0.4) is 0 Å². The van der Waals surface area contributed by atoms with Crippen LogP contribution in [0, 0.1) is 0 Å². The number of carbonyl (C=O) groups excluding carboxylic acids is 1. The molecule has 94 valence electrons. The molecule has 1 aromatic heterocycles. The molecule has 0 N–H and O–H groups in total. The molecular formula is C13H20N2O2. The van der Waals surface area contributed by atoms with Gasteiger partial charge in [0.25, 0.3) is 0 Å². The first-order chi connectivity index (χ1) is 8.22. The Hall–Kier alpha value is -1.42. The highest BCUT2D eigenvalue weighted by atomic mass is 16.5. The van der Waals surface area contributed by atoms with Crippen LogP contribution in [0.4, 0.5) is 5.69 Å². The van der Waals surface area contributed by atoms with Gasteiger partial charge < -0.3 is 9.64 Å². The minimum atomic E-state index is 0.0801. The third-order valence-electron chi connectivity index (χ3n) is 2.67. The van der Waals surface area contributed by atoms with Gasteiger partial charge in [0, 0.05) is 26.6 Å². The van der Waals surface area contributed by atoms with Gasteiger partial charge in [0.2, 0.25) is 0 Å². The molecule has 4 heteroatoms. The minimum absolute atomic E-state index is 0.0801. The number of ether oxygens (including phenoxy) is 1. The molecule has 0 radical (unpaired) electrons. The standard InChI is InChI=1S/C13H20N2O2/c1-4-13(16)12-7-6-11(10-14-12)15(5-2)8-9-17-3/h6-7,10H,4-5,8-9H2,1-3H3.